The molecule has 1 aliphatic heterocycles. The van der Waals surface area contributed by atoms with Crippen LogP contribution in [-0.4, -0.2) is 60.9 Å². The Balaban J connectivity index is 2.15. The van der Waals surface area contributed by atoms with Crippen LogP contribution in [0.25, 0.3) is 5.76 Å². The summed E-state index contributed by atoms with van der Waals surface area (Å²) >= 11 is 3.42. The van der Waals surface area contributed by atoms with E-state index in [9.17, 15) is 14.7 Å². The maximum absolute atomic E-state index is 13.1. The minimum Gasteiger partial charge on any atom is -0.507 e. The van der Waals surface area contributed by atoms with Crippen molar-refractivity contribution in [3.8, 4) is 5.75 Å². The number of ether oxygens (including phenoxy) is 1. The highest BCUT2D eigenvalue weighted by atomic mass is 79.9. The molecule has 0 bridgehead atoms. The molecule has 2 aromatic carbocycles. The van der Waals surface area contributed by atoms with Crippen molar-refractivity contribution in [1.82, 2.24) is 9.80 Å². The fourth-order valence-electron chi connectivity index (χ4n) is 3.90. The van der Waals surface area contributed by atoms with Crippen molar-refractivity contribution < 1.29 is 19.4 Å². The molecule has 1 amide bonds. The molecule has 0 spiro atoms. The van der Waals surface area contributed by atoms with E-state index in [2.05, 4.69) is 36.7 Å². The van der Waals surface area contributed by atoms with Crippen LogP contribution >= 0.6 is 15.9 Å². The van der Waals surface area contributed by atoms with Crippen molar-refractivity contribution in [3.63, 3.8) is 0 Å². The third-order valence-corrected chi connectivity index (χ3v) is 6.47. The van der Waals surface area contributed by atoms with Crippen LogP contribution in [0.5, 0.6) is 5.75 Å². The first kappa shape index (κ1) is 25.0. The standard InChI is InChI=1S/C26H31BrN2O4/c1-26(2,3)18-10-7-16(8-11-18)22-21(24(31)25(32)29(22)14-13-28(4)5)23(30)17-9-12-20(33-6)19(27)15-17/h7-12,15,22,30H,13-14H2,1-6H3/b23-21-. The smallest absolute Gasteiger partial charge is 0.295 e. The van der Waals surface area contributed by atoms with E-state index in [0.29, 0.717) is 28.9 Å². The molecule has 1 saturated heterocycles. The normalized spacial score (nSPS) is 18.3. The highest BCUT2D eigenvalue weighted by Crippen LogP contribution is 2.40. The zero-order valence-electron chi connectivity index (χ0n) is 20.0. The summed E-state index contributed by atoms with van der Waals surface area (Å²) in [5.74, 6) is -0.875. The van der Waals surface area contributed by atoms with E-state index >= 15 is 0 Å². The monoisotopic (exact) mass is 514 g/mol. The maximum Gasteiger partial charge on any atom is 0.295 e. The minimum atomic E-state index is -0.678. The fourth-order valence-corrected chi connectivity index (χ4v) is 4.44. The van der Waals surface area contributed by atoms with Gasteiger partial charge < -0.3 is 19.6 Å². The van der Waals surface area contributed by atoms with E-state index in [-0.39, 0.29) is 16.7 Å². The summed E-state index contributed by atoms with van der Waals surface area (Å²) < 4.78 is 5.91. The Morgan fingerprint density at radius 2 is 1.76 bits per heavy atom. The van der Waals surface area contributed by atoms with Crippen LogP contribution in [0.1, 0.15) is 43.5 Å². The molecular formula is C26H31BrN2O4. The average Bonchev–Trinajstić information content (AvgIpc) is 3.01. The molecule has 1 aliphatic rings. The van der Waals surface area contributed by atoms with Gasteiger partial charge in [0.15, 0.2) is 0 Å². The number of carbonyl (C=O) groups is 2. The lowest BCUT2D eigenvalue weighted by Gasteiger charge is -2.27. The zero-order chi connectivity index (χ0) is 24.5. The molecule has 7 heteroatoms. The van der Waals surface area contributed by atoms with E-state index in [1.54, 1.807) is 30.2 Å². The van der Waals surface area contributed by atoms with E-state index in [1.807, 2.05) is 43.3 Å². The molecule has 33 heavy (non-hydrogen) atoms. The van der Waals surface area contributed by atoms with Crippen molar-refractivity contribution in [1.29, 1.82) is 0 Å². The van der Waals surface area contributed by atoms with Crippen molar-refractivity contribution in [3.05, 3.63) is 69.2 Å². The number of methoxy groups -OCH3 is 1. The van der Waals surface area contributed by atoms with Crippen LogP contribution < -0.4 is 4.74 Å². The van der Waals surface area contributed by atoms with Crippen LogP contribution in [0, 0.1) is 0 Å². The Morgan fingerprint density at radius 3 is 2.27 bits per heavy atom. The summed E-state index contributed by atoms with van der Waals surface area (Å²) in [5.41, 5.74) is 2.44. The zero-order valence-corrected chi connectivity index (χ0v) is 21.6. The Hall–Kier alpha value is -2.64. The van der Waals surface area contributed by atoms with Gasteiger partial charge >= 0.3 is 0 Å². The predicted molar refractivity (Wildman–Crippen MR) is 133 cm³/mol. The molecule has 6 nitrogen and oxygen atoms in total. The molecule has 2 aromatic rings. The first-order valence-electron chi connectivity index (χ1n) is 10.8. The number of aliphatic hydroxyl groups excluding tert-OH is 1. The summed E-state index contributed by atoms with van der Waals surface area (Å²) in [4.78, 5) is 29.7. The number of likely N-dealkylation sites (N-methyl/N-ethyl adjacent to an activating group) is 1. The van der Waals surface area contributed by atoms with E-state index in [1.165, 1.54) is 0 Å². The average molecular weight is 515 g/mol. The van der Waals surface area contributed by atoms with Gasteiger partial charge in [0.05, 0.1) is 23.2 Å². The fraction of sp³-hybridized carbons (Fsp3) is 0.385. The number of carbonyl (C=O) groups excluding carboxylic acids is 2. The van der Waals surface area contributed by atoms with Gasteiger partial charge in [-0.05, 0) is 64.8 Å². The van der Waals surface area contributed by atoms with Gasteiger partial charge in [0.1, 0.15) is 11.5 Å². The van der Waals surface area contributed by atoms with Gasteiger partial charge in [0, 0.05) is 18.7 Å². The molecule has 0 saturated carbocycles. The number of benzene rings is 2. The number of nitrogens with zero attached hydrogens (tertiary/aromatic N) is 2. The molecule has 1 heterocycles. The first-order valence-corrected chi connectivity index (χ1v) is 11.6. The lowest BCUT2D eigenvalue weighted by molar-refractivity contribution is -0.140. The first-order chi connectivity index (χ1) is 15.5. The summed E-state index contributed by atoms with van der Waals surface area (Å²) in [7, 11) is 5.38. The van der Waals surface area contributed by atoms with Crippen LogP contribution in [0.15, 0.2) is 52.5 Å². The van der Waals surface area contributed by atoms with Crippen LogP contribution in [0.3, 0.4) is 0 Å². The second kappa shape index (κ2) is 9.69. The van der Waals surface area contributed by atoms with E-state index < -0.39 is 17.7 Å². The van der Waals surface area contributed by atoms with Gasteiger partial charge in [-0.15, -0.1) is 0 Å². The lowest BCUT2D eigenvalue weighted by atomic mass is 9.85. The second-order valence-electron chi connectivity index (χ2n) is 9.52. The molecule has 1 fully saturated rings. The number of hydrogen-bond donors (Lipinski definition) is 1. The Kier molecular flexibility index (Phi) is 7.34. The van der Waals surface area contributed by atoms with Gasteiger partial charge in [-0.1, -0.05) is 45.0 Å². The molecule has 1 N–H and O–H groups in total. The number of rotatable bonds is 6. The van der Waals surface area contributed by atoms with Gasteiger partial charge in [-0.25, -0.2) is 0 Å². The summed E-state index contributed by atoms with van der Waals surface area (Å²) in [6, 6.07) is 12.3. The Bertz CT molecular complexity index is 1080. The van der Waals surface area contributed by atoms with Gasteiger partial charge in [-0.2, -0.15) is 0 Å². The van der Waals surface area contributed by atoms with Gasteiger partial charge in [-0.3, -0.25) is 9.59 Å². The SMILES string of the molecule is COc1ccc(/C(O)=C2/C(=O)C(=O)N(CCN(C)C)C2c2ccc(C(C)(C)C)cc2)cc1Br. The van der Waals surface area contributed by atoms with Gasteiger partial charge in [0.25, 0.3) is 11.7 Å². The second-order valence-corrected chi connectivity index (χ2v) is 10.4. The number of halogens is 1. The van der Waals surface area contributed by atoms with Crippen molar-refractivity contribution in [2.75, 3.05) is 34.3 Å². The third-order valence-electron chi connectivity index (χ3n) is 5.85. The lowest BCUT2D eigenvalue weighted by Crippen LogP contribution is -2.35. The van der Waals surface area contributed by atoms with Crippen LogP contribution in [-0.2, 0) is 15.0 Å². The molecule has 0 radical (unpaired) electrons. The summed E-state index contributed by atoms with van der Waals surface area (Å²) in [6.45, 7) is 7.36. The predicted octanol–water partition coefficient (Wildman–Crippen LogP) is 4.74. The van der Waals surface area contributed by atoms with E-state index in [0.717, 1.165) is 11.1 Å². The molecule has 0 aliphatic carbocycles. The van der Waals surface area contributed by atoms with Crippen molar-refractivity contribution >= 4 is 33.4 Å². The third kappa shape index (κ3) is 5.14. The molecular weight excluding hydrogens is 484 g/mol. The summed E-state index contributed by atoms with van der Waals surface area (Å²) in [5, 5.41) is 11.2. The quantitative estimate of drug-likeness (QED) is 0.342. The highest BCUT2D eigenvalue weighted by molar-refractivity contribution is 9.10. The Morgan fingerprint density at radius 1 is 1.12 bits per heavy atom. The number of ketones is 1. The van der Waals surface area contributed by atoms with Crippen LogP contribution in [0.4, 0.5) is 0 Å². The number of hydrogen-bond acceptors (Lipinski definition) is 5. The Labute approximate surface area is 204 Å². The molecule has 1 atom stereocenters. The largest absolute Gasteiger partial charge is 0.507 e. The number of amides is 1. The minimum absolute atomic E-state index is 0.0271. The van der Waals surface area contributed by atoms with E-state index in [4.69, 9.17) is 4.74 Å². The number of aliphatic hydroxyl groups is 1. The number of likely N-dealkylation sites (tertiary alicyclic amines) is 1. The summed E-state index contributed by atoms with van der Waals surface area (Å²) in [6.07, 6.45) is 0. The van der Waals surface area contributed by atoms with Crippen LogP contribution in [0.2, 0.25) is 0 Å². The highest BCUT2D eigenvalue weighted by Gasteiger charge is 2.46. The van der Waals surface area contributed by atoms with Crippen molar-refractivity contribution in [2.24, 2.45) is 0 Å². The molecule has 1 unspecified atom stereocenters. The molecule has 3 rings (SSSR count). The number of Topliss-reactive ketones (excluding diaryl/α,β-unsaturated/α-hetero) is 1. The van der Waals surface area contributed by atoms with Gasteiger partial charge in [0.2, 0.25) is 0 Å². The molecule has 176 valence electrons. The molecule has 0 aromatic heterocycles. The maximum atomic E-state index is 13.1. The topological polar surface area (TPSA) is 70.1 Å². The van der Waals surface area contributed by atoms with Crippen molar-refractivity contribution in [2.45, 2.75) is 32.2 Å².